The number of fused-ring (bicyclic) bond motifs is 1. The van der Waals surface area contributed by atoms with Gasteiger partial charge in [0, 0.05) is 54.3 Å². The highest BCUT2D eigenvalue weighted by molar-refractivity contribution is 7.99. The molecule has 8 nitrogen and oxygen atoms in total. The summed E-state index contributed by atoms with van der Waals surface area (Å²) < 4.78 is 50.3. The van der Waals surface area contributed by atoms with Crippen molar-refractivity contribution in [3.8, 4) is 5.75 Å². The maximum atomic E-state index is 13.0. The minimum Gasteiger partial charge on any atom is -0.487 e. The molecule has 0 atom stereocenters. The summed E-state index contributed by atoms with van der Waals surface area (Å²) in [6, 6.07) is 6.86. The number of unbranched alkanes of at least 4 members (excludes halogenated alkanes) is 2. The number of nitrogens with zero attached hydrogens (tertiary/aromatic N) is 3. The van der Waals surface area contributed by atoms with Crippen LogP contribution in [0, 0.1) is 0 Å². The molecule has 1 saturated heterocycles. The minimum absolute atomic E-state index is 0.0673. The molecule has 3 aromatic rings. The summed E-state index contributed by atoms with van der Waals surface area (Å²) in [5, 5.41) is 3.69. The van der Waals surface area contributed by atoms with Crippen LogP contribution in [0.15, 0.2) is 56.9 Å². The number of halogens is 3. The summed E-state index contributed by atoms with van der Waals surface area (Å²) in [6.07, 6.45) is 1.01. The third-order valence-electron chi connectivity index (χ3n) is 6.71. The largest absolute Gasteiger partial charge is 0.487 e. The zero-order valence-corrected chi connectivity index (χ0v) is 24.9. The monoisotopic (exact) mass is 606 g/mol. The molecule has 1 fully saturated rings. The van der Waals surface area contributed by atoms with E-state index in [9.17, 15) is 22.8 Å². The number of nitrogens with one attached hydrogen (secondary N) is 1. The second-order valence-electron chi connectivity index (χ2n) is 11.3. The van der Waals surface area contributed by atoms with Crippen molar-refractivity contribution in [2.45, 2.75) is 63.2 Å². The molecule has 228 valence electrons. The fourth-order valence-electron chi connectivity index (χ4n) is 4.53. The molecule has 42 heavy (non-hydrogen) atoms. The van der Waals surface area contributed by atoms with E-state index in [4.69, 9.17) is 9.15 Å². The number of hydrogen-bond donors (Lipinski definition) is 1. The van der Waals surface area contributed by atoms with Crippen LogP contribution in [-0.2, 0) is 12.7 Å². The number of thioether (sulfide) groups is 1. The summed E-state index contributed by atoms with van der Waals surface area (Å²) in [6.45, 7) is 9.31. The van der Waals surface area contributed by atoms with Crippen molar-refractivity contribution in [3.63, 3.8) is 0 Å². The van der Waals surface area contributed by atoms with Gasteiger partial charge in [0.15, 0.2) is 0 Å². The Bertz CT molecular complexity index is 1420. The summed E-state index contributed by atoms with van der Waals surface area (Å²) in [4.78, 5) is 33.8. The van der Waals surface area contributed by atoms with Gasteiger partial charge in [-0.3, -0.25) is 14.7 Å². The molecule has 0 bridgehead atoms. The lowest BCUT2D eigenvalue weighted by Gasteiger charge is -2.36. The fourth-order valence-corrected chi connectivity index (χ4v) is 5.58. The van der Waals surface area contributed by atoms with Gasteiger partial charge < -0.3 is 19.4 Å². The molecule has 4 rings (SSSR count). The molecule has 0 unspecified atom stereocenters. The number of alkyl halides is 3. The number of amides is 2. The summed E-state index contributed by atoms with van der Waals surface area (Å²) in [5.74, 6) is 1.53. The number of carbonyl (C=O) groups is 1. The predicted molar refractivity (Wildman–Crippen MR) is 157 cm³/mol. The zero-order valence-electron chi connectivity index (χ0n) is 24.1. The predicted octanol–water partition coefficient (Wildman–Crippen LogP) is 6.17. The third kappa shape index (κ3) is 9.12. The smallest absolute Gasteiger partial charge is 0.416 e. The van der Waals surface area contributed by atoms with Crippen LogP contribution in [0.1, 0.15) is 51.4 Å². The molecule has 0 saturated carbocycles. The number of rotatable bonds is 10. The molecule has 1 aromatic carbocycles. The van der Waals surface area contributed by atoms with Crippen LogP contribution in [0.4, 0.5) is 18.0 Å². The third-order valence-corrected chi connectivity index (χ3v) is 7.87. The van der Waals surface area contributed by atoms with Gasteiger partial charge in [-0.1, -0.05) is 6.07 Å². The first-order valence-corrected chi connectivity index (χ1v) is 15.0. The summed E-state index contributed by atoms with van der Waals surface area (Å²) >= 11 is 1.59. The van der Waals surface area contributed by atoms with Gasteiger partial charge in [0.25, 0.3) is 0 Å². The van der Waals surface area contributed by atoms with Crippen LogP contribution in [0.2, 0.25) is 0 Å². The summed E-state index contributed by atoms with van der Waals surface area (Å²) in [7, 11) is 0. The Morgan fingerprint density at radius 1 is 1.07 bits per heavy atom. The van der Waals surface area contributed by atoms with Crippen LogP contribution < -0.4 is 15.5 Å². The van der Waals surface area contributed by atoms with Gasteiger partial charge in [-0.15, -0.1) is 11.8 Å². The van der Waals surface area contributed by atoms with E-state index in [1.165, 1.54) is 24.6 Å². The van der Waals surface area contributed by atoms with E-state index >= 15 is 0 Å². The van der Waals surface area contributed by atoms with E-state index in [-0.39, 0.29) is 22.7 Å². The van der Waals surface area contributed by atoms with Gasteiger partial charge in [0.1, 0.15) is 12.0 Å². The quantitative estimate of drug-likeness (QED) is 0.218. The van der Waals surface area contributed by atoms with E-state index < -0.39 is 11.7 Å². The number of piperazine rings is 1. The number of pyridine rings is 1. The van der Waals surface area contributed by atoms with Crippen molar-refractivity contribution in [3.05, 3.63) is 64.3 Å². The Balaban J connectivity index is 1.15. The minimum atomic E-state index is -4.40. The number of benzene rings is 1. The average Bonchev–Trinajstić information content (AvgIpc) is 2.92. The molecule has 1 N–H and O–H groups in total. The van der Waals surface area contributed by atoms with Crippen LogP contribution in [0.3, 0.4) is 0 Å². The number of hydrogen-bond acceptors (Lipinski definition) is 7. The van der Waals surface area contributed by atoms with Crippen molar-refractivity contribution >= 4 is 28.7 Å². The second-order valence-corrected chi connectivity index (χ2v) is 12.5. The molecular formula is C30H37F3N4O4S. The summed E-state index contributed by atoms with van der Waals surface area (Å²) in [5.41, 5.74) is -0.884. The first-order valence-electron chi connectivity index (χ1n) is 14.0. The normalized spacial score (nSPS) is 14.8. The lowest BCUT2D eigenvalue weighted by molar-refractivity contribution is -0.137. The van der Waals surface area contributed by atoms with Gasteiger partial charge in [0.2, 0.25) is 11.2 Å². The highest BCUT2D eigenvalue weighted by Gasteiger charge is 2.30. The van der Waals surface area contributed by atoms with Crippen molar-refractivity contribution in [2.75, 3.05) is 38.5 Å². The van der Waals surface area contributed by atoms with Crippen molar-refractivity contribution in [1.29, 1.82) is 0 Å². The van der Waals surface area contributed by atoms with E-state index in [1.807, 2.05) is 26.8 Å². The number of carbonyl (C=O) groups excluding carboxylic acids is 1. The molecule has 2 aromatic heterocycles. The van der Waals surface area contributed by atoms with Crippen LogP contribution in [0.25, 0.3) is 10.9 Å². The second kappa shape index (κ2) is 13.8. The first-order chi connectivity index (χ1) is 19.9. The SMILES string of the molecule is CC(C)(C)NC(=O)N1CCN(Cc2cc(=O)c(OCCCCCSc3ccnc4cc(C(F)(F)F)ccc34)co2)CC1. The zero-order chi connectivity index (χ0) is 30.3. The molecule has 3 heterocycles. The van der Waals surface area contributed by atoms with Gasteiger partial charge in [-0.25, -0.2) is 4.79 Å². The molecule has 1 aliphatic rings. The Kier molecular flexibility index (Phi) is 10.4. The van der Waals surface area contributed by atoms with Crippen molar-refractivity contribution in [1.82, 2.24) is 20.1 Å². The molecule has 1 aliphatic heterocycles. The van der Waals surface area contributed by atoms with E-state index in [2.05, 4.69) is 15.2 Å². The van der Waals surface area contributed by atoms with E-state index in [0.29, 0.717) is 56.0 Å². The van der Waals surface area contributed by atoms with Crippen LogP contribution in [-0.4, -0.2) is 64.9 Å². The molecular weight excluding hydrogens is 569 g/mol. The maximum Gasteiger partial charge on any atom is 0.416 e. The fraction of sp³-hybridized carbons (Fsp3) is 0.500. The lowest BCUT2D eigenvalue weighted by Crippen LogP contribution is -2.54. The molecule has 0 aliphatic carbocycles. The van der Waals surface area contributed by atoms with Crippen molar-refractivity contribution < 1.29 is 27.1 Å². The van der Waals surface area contributed by atoms with Crippen LogP contribution in [0.5, 0.6) is 5.75 Å². The molecule has 0 radical (unpaired) electrons. The van der Waals surface area contributed by atoms with Gasteiger partial charge in [-0.2, -0.15) is 13.2 Å². The lowest BCUT2D eigenvalue weighted by atomic mass is 10.1. The highest BCUT2D eigenvalue weighted by atomic mass is 32.2. The first kappa shape index (κ1) is 31.7. The van der Waals surface area contributed by atoms with Crippen molar-refractivity contribution in [2.24, 2.45) is 0 Å². The standard InChI is InChI=1S/C30H37F3N4O4S/c1-29(2,3)35-28(39)37-13-11-36(12-14-37)19-22-18-25(38)26(20-41-22)40-15-5-4-6-16-42-27-9-10-34-24-17-21(30(31,32)33)7-8-23(24)27/h7-10,17-18,20H,4-6,11-16,19H2,1-3H3,(H,35,39). The molecule has 12 heteroatoms. The van der Waals surface area contributed by atoms with Gasteiger partial charge in [-0.05, 0) is 64.0 Å². The Morgan fingerprint density at radius 3 is 2.52 bits per heavy atom. The Hall–Kier alpha value is -3.25. The van der Waals surface area contributed by atoms with E-state index in [1.54, 1.807) is 16.7 Å². The maximum absolute atomic E-state index is 13.0. The van der Waals surface area contributed by atoms with Gasteiger partial charge in [0.05, 0.1) is 24.2 Å². The number of aromatic nitrogens is 1. The van der Waals surface area contributed by atoms with E-state index in [0.717, 1.165) is 42.0 Å². The topological polar surface area (TPSA) is 87.9 Å². The number of urea groups is 1. The van der Waals surface area contributed by atoms with Gasteiger partial charge >= 0.3 is 12.2 Å². The van der Waals surface area contributed by atoms with Crippen LogP contribution >= 0.6 is 11.8 Å². The molecule has 0 spiro atoms. The highest BCUT2D eigenvalue weighted by Crippen LogP contribution is 2.34. The number of ether oxygens (including phenoxy) is 1. The average molecular weight is 607 g/mol. The Morgan fingerprint density at radius 2 is 1.83 bits per heavy atom. The molecule has 2 amide bonds. The Labute approximate surface area is 247 Å².